The zero-order chi connectivity index (χ0) is 20.6. The summed E-state index contributed by atoms with van der Waals surface area (Å²) in [4.78, 5) is 0. The molecule has 1 nitrogen and oxygen atoms in total. The highest BCUT2D eigenvalue weighted by molar-refractivity contribution is 5.65. The van der Waals surface area contributed by atoms with E-state index >= 15 is 0 Å². The first kappa shape index (κ1) is 21.5. The smallest absolute Gasteiger partial charge is 0.177 e. The number of nitrogens with zero attached hydrogens (tertiary/aromatic N) is 1. The Morgan fingerprint density at radius 3 is 2.21 bits per heavy atom. The highest BCUT2D eigenvalue weighted by Crippen LogP contribution is 2.38. The van der Waals surface area contributed by atoms with Crippen LogP contribution in [0.3, 0.4) is 0 Å². The SMILES string of the molecule is CCCCCCCC1CCC(c2ccc(-c3ccc(C#N)c(F)c3F)cc2)CC1. The molecule has 0 unspecified atom stereocenters. The molecule has 0 aromatic heterocycles. The van der Waals surface area contributed by atoms with E-state index < -0.39 is 11.6 Å². The molecule has 0 heterocycles. The van der Waals surface area contributed by atoms with E-state index in [1.807, 2.05) is 12.1 Å². The molecule has 0 atom stereocenters. The maximum atomic E-state index is 14.3. The minimum Gasteiger partial charge on any atom is -0.203 e. The lowest BCUT2D eigenvalue weighted by molar-refractivity contribution is 0.302. The van der Waals surface area contributed by atoms with E-state index in [-0.39, 0.29) is 11.1 Å². The van der Waals surface area contributed by atoms with Crippen molar-refractivity contribution in [3.8, 4) is 17.2 Å². The number of halogens is 2. The zero-order valence-corrected chi connectivity index (χ0v) is 17.4. The van der Waals surface area contributed by atoms with Crippen LogP contribution in [-0.4, -0.2) is 0 Å². The van der Waals surface area contributed by atoms with Crippen LogP contribution in [0.4, 0.5) is 8.78 Å². The monoisotopic (exact) mass is 395 g/mol. The minimum absolute atomic E-state index is 0.208. The Morgan fingerprint density at radius 1 is 0.862 bits per heavy atom. The van der Waals surface area contributed by atoms with Gasteiger partial charge in [-0.15, -0.1) is 0 Å². The third kappa shape index (κ3) is 5.44. The van der Waals surface area contributed by atoms with Gasteiger partial charge >= 0.3 is 0 Å². The second-order valence-electron chi connectivity index (χ2n) is 8.44. The first-order chi connectivity index (χ1) is 14.1. The number of hydrogen-bond acceptors (Lipinski definition) is 1. The standard InChI is InChI=1S/C26H31F2N/c1-2-3-4-5-6-7-19-8-10-20(11-9-19)21-12-14-22(15-13-21)24-17-16-23(18-29)25(27)26(24)28/h12-17,19-20H,2-11H2,1H3. The summed E-state index contributed by atoms with van der Waals surface area (Å²) in [5.41, 5.74) is 1.89. The Hall–Kier alpha value is -2.21. The van der Waals surface area contributed by atoms with E-state index in [4.69, 9.17) is 5.26 Å². The largest absolute Gasteiger partial charge is 0.203 e. The lowest BCUT2D eigenvalue weighted by Crippen LogP contribution is -2.13. The summed E-state index contributed by atoms with van der Waals surface area (Å²) in [6.07, 6.45) is 13.2. The molecule has 0 spiro atoms. The molecule has 1 fully saturated rings. The normalized spacial score (nSPS) is 19.1. The van der Waals surface area contributed by atoms with Crippen molar-refractivity contribution in [1.82, 2.24) is 0 Å². The molecule has 1 saturated carbocycles. The summed E-state index contributed by atoms with van der Waals surface area (Å²) in [5, 5.41) is 8.83. The van der Waals surface area contributed by atoms with Crippen molar-refractivity contribution in [1.29, 1.82) is 5.26 Å². The Labute approximate surface area is 173 Å². The second kappa shape index (κ2) is 10.5. The third-order valence-electron chi connectivity index (χ3n) is 6.46. The van der Waals surface area contributed by atoms with Crippen molar-refractivity contribution in [3.05, 3.63) is 59.2 Å². The first-order valence-corrected chi connectivity index (χ1v) is 11.1. The molecular formula is C26H31F2N. The van der Waals surface area contributed by atoms with Crippen molar-refractivity contribution in [2.45, 2.75) is 77.0 Å². The van der Waals surface area contributed by atoms with Crippen LogP contribution in [0.1, 0.15) is 88.2 Å². The summed E-state index contributed by atoms with van der Waals surface area (Å²) in [6, 6.07) is 12.4. The van der Waals surface area contributed by atoms with Gasteiger partial charge in [0.2, 0.25) is 0 Å². The summed E-state index contributed by atoms with van der Waals surface area (Å²) >= 11 is 0. The molecule has 0 bridgehead atoms. The number of nitriles is 1. The van der Waals surface area contributed by atoms with Crippen LogP contribution in [0, 0.1) is 28.9 Å². The molecule has 0 saturated heterocycles. The average Bonchev–Trinajstić information content (AvgIpc) is 2.76. The summed E-state index contributed by atoms with van der Waals surface area (Å²) in [6.45, 7) is 2.26. The quantitative estimate of drug-likeness (QED) is 0.414. The van der Waals surface area contributed by atoms with E-state index in [1.54, 1.807) is 6.07 Å². The van der Waals surface area contributed by atoms with Crippen LogP contribution in [-0.2, 0) is 0 Å². The molecule has 3 rings (SSSR count). The summed E-state index contributed by atoms with van der Waals surface area (Å²) in [7, 11) is 0. The lowest BCUT2D eigenvalue weighted by atomic mass is 9.77. The molecule has 2 aromatic carbocycles. The van der Waals surface area contributed by atoms with Crippen LogP contribution in [0.2, 0.25) is 0 Å². The van der Waals surface area contributed by atoms with Crippen LogP contribution < -0.4 is 0 Å². The van der Waals surface area contributed by atoms with Crippen molar-refractivity contribution in [2.24, 2.45) is 5.92 Å². The van der Waals surface area contributed by atoms with E-state index in [2.05, 4.69) is 19.1 Å². The van der Waals surface area contributed by atoms with Gasteiger partial charge in [0, 0.05) is 5.56 Å². The van der Waals surface area contributed by atoms with Gasteiger partial charge in [0.15, 0.2) is 11.6 Å². The highest BCUT2D eigenvalue weighted by atomic mass is 19.2. The Balaban J connectivity index is 1.55. The Morgan fingerprint density at radius 2 is 1.55 bits per heavy atom. The molecule has 0 N–H and O–H groups in total. The topological polar surface area (TPSA) is 23.8 Å². The van der Waals surface area contributed by atoms with E-state index in [9.17, 15) is 8.78 Å². The molecule has 3 heteroatoms. The number of unbranched alkanes of at least 4 members (excludes halogenated alkanes) is 4. The molecule has 1 aliphatic rings. The van der Waals surface area contributed by atoms with Gasteiger partial charge in [0.05, 0.1) is 5.56 Å². The molecule has 0 radical (unpaired) electrons. The van der Waals surface area contributed by atoms with Crippen LogP contribution in [0.5, 0.6) is 0 Å². The fraction of sp³-hybridized carbons (Fsp3) is 0.500. The number of benzene rings is 2. The maximum absolute atomic E-state index is 14.3. The predicted molar refractivity (Wildman–Crippen MR) is 115 cm³/mol. The molecule has 0 amide bonds. The van der Waals surface area contributed by atoms with E-state index in [0.29, 0.717) is 11.5 Å². The van der Waals surface area contributed by atoms with Crippen molar-refractivity contribution < 1.29 is 8.78 Å². The number of hydrogen-bond donors (Lipinski definition) is 0. The fourth-order valence-corrected chi connectivity index (χ4v) is 4.61. The van der Waals surface area contributed by atoms with Crippen molar-refractivity contribution in [2.75, 3.05) is 0 Å². The van der Waals surface area contributed by atoms with E-state index in [1.165, 1.54) is 81.9 Å². The lowest BCUT2D eigenvalue weighted by Gasteiger charge is -2.29. The minimum atomic E-state index is -1.07. The highest BCUT2D eigenvalue weighted by Gasteiger charge is 2.22. The van der Waals surface area contributed by atoms with Crippen LogP contribution >= 0.6 is 0 Å². The van der Waals surface area contributed by atoms with Gasteiger partial charge in [-0.2, -0.15) is 5.26 Å². The van der Waals surface area contributed by atoms with E-state index in [0.717, 1.165) is 5.92 Å². The summed E-state index contributed by atoms with van der Waals surface area (Å²) < 4.78 is 28.2. The van der Waals surface area contributed by atoms with Gasteiger partial charge in [0.25, 0.3) is 0 Å². The fourth-order valence-electron chi connectivity index (χ4n) is 4.61. The van der Waals surface area contributed by atoms with Gasteiger partial charge in [0.1, 0.15) is 6.07 Å². The molecule has 29 heavy (non-hydrogen) atoms. The van der Waals surface area contributed by atoms with Crippen LogP contribution in [0.25, 0.3) is 11.1 Å². The first-order valence-electron chi connectivity index (χ1n) is 11.1. The molecule has 154 valence electrons. The molecule has 2 aromatic rings. The van der Waals surface area contributed by atoms with Crippen LogP contribution in [0.15, 0.2) is 36.4 Å². The second-order valence-corrected chi connectivity index (χ2v) is 8.44. The third-order valence-corrected chi connectivity index (χ3v) is 6.46. The van der Waals surface area contributed by atoms with Crippen molar-refractivity contribution >= 4 is 0 Å². The maximum Gasteiger partial charge on any atom is 0.177 e. The van der Waals surface area contributed by atoms with Gasteiger partial charge in [-0.25, -0.2) is 8.78 Å². The molecular weight excluding hydrogens is 364 g/mol. The summed E-state index contributed by atoms with van der Waals surface area (Å²) in [5.74, 6) is -0.566. The van der Waals surface area contributed by atoms with Crippen molar-refractivity contribution in [3.63, 3.8) is 0 Å². The van der Waals surface area contributed by atoms with Gasteiger partial charge < -0.3 is 0 Å². The Bertz CT molecular complexity index is 827. The number of rotatable bonds is 8. The molecule has 0 aliphatic heterocycles. The van der Waals surface area contributed by atoms with Gasteiger partial charge in [-0.05, 0) is 60.8 Å². The average molecular weight is 396 g/mol. The Kier molecular flexibility index (Phi) is 7.81. The zero-order valence-electron chi connectivity index (χ0n) is 17.4. The predicted octanol–water partition coefficient (Wildman–Crippen LogP) is 8.14. The molecule has 1 aliphatic carbocycles. The van der Waals surface area contributed by atoms with Gasteiger partial charge in [-0.3, -0.25) is 0 Å². The van der Waals surface area contributed by atoms with Gasteiger partial charge in [-0.1, -0.05) is 69.7 Å².